The molecule has 5 heteroatoms. The van der Waals surface area contributed by atoms with E-state index in [-0.39, 0.29) is 0 Å². The molecule has 0 atom stereocenters. The van der Waals surface area contributed by atoms with E-state index >= 15 is 0 Å². The van der Waals surface area contributed by atoms with Gasteiger partial charge in [0.1, 0.15) is 0 Å². The molecule has 0 saturated carbocycles. The summed E-state index contributed by atoms with van der Waals surface area (Å²) in [5.74, 6) is 0. The maximum Gasteiger partial charge on any atom is 0.191 e. The van der Waals surface area contributed by atoms with Crippen LogP contribution in [0, 0.1) is 13.8 Å². The summed E-state index contributed by atoms with van der Waals surface area (Å²) in [7, 11) is 0. The van der Waals surface area contributed by atoms with Gasteiger partial charge in [-0.15, -0.1) is 0 Å². The van der Waals surface area contributed by atoms with Crippen LogP contribution in [0.3, 0.4) is 0 Å². The minimum Gasteiger partial charge on any atom is -0.331 e. The smallest absolute Gasteiger partial charge is 0.191 e. The van der Waals surface area contributed by atoms with Crippen LogP contribution in [0.15, 0.2) is 47.6 Å². The summed E-state index contributed by atoms with van der Waals surface area (Å²) in [6.45, 7) is 3.97. The van der Waals surface area contributed by atoms with E-state index in [1.54, 1.807) is 6.21 Å². The van der Waals surface area contributed by atoms with Crippen LogP contribution in [0.5, 0.6) is 0 Å². The van der Waals surface area contributed by atoms with E-state index in [0.29, 0.717) is 10.1 Å². The Bertz CT molecular complexity index is 683. The summed E-state index contributed by atoms with van der Waals surface area (Å²) in [5.41, 5.74) is 6.82. The lowest BCUT2D eigenvalue weighted by atomic mass is 10.1. The number of hydrazone groups is 1. The van der Waals surface area contributed by atoms with E-state index in [4.69, 9.17) is 23.8 Å². The van der Waals surface area contributed by atoms with Crippen molar-refractivity contribution in [3.05, 3.63) is 64.2 Å². The first kappa shape index (κ1) is 15.5. The van der Waals surface area contributed by atoms with Crippen LogP contribution in [0.1, 0.15) is 16.7 Å². The van der Waals surface area contributed by atoms with Crippen molar-refractivity contribution in [2.24, 2.45) is 5.10 Å². The average molecular weight is 318 g/mol. The van der Waals surface area contributed by atoms with Crippen molar-refractivity contribution in [3.63, 3.8) is 0 Å². The number of nitrogens with one attached hydrogen (secondary N) is 2. The fraction of sp³-hybridized carbons (Fsp3) is 0.125. The largest absolute Gasteiger partial charge is 0.331 e. The quantitative estimate of drug-likeness (QED) is 0.504. The maximum absolute atomic E-state index is 6.07. The third-order valence-electron chi connectivity index (χ3n) is 3.07. The van der Waals surface area contributed by atoms with Crippen molar-refractivity contribution in [3.8, 4) is 0 Å². The first-order valence-electron chi connectivity index (χ1n) is 6.48. The highest BCUT2D eigenvalue weighted by molar-refractivity contribution is 7.80. The Morgan fingerprint density at radius 3 is 2.67 bits per heavy atom. The molecule has 0 amide bonds. The second-order valence-corrected chi connectivity index (χ2v) is 5.41. The van der Waals surface area contributed by atoms with Crippen LogP contribution in [0.4, 0.5) is 5.69 Å². The second-order valence-electron chi connectivity index (χ2n) is 4.59. The highest BCUT2D eigenvalue weighted by atomic mass is 35.5. The predicted molar refractivity (Wildman–Crippen MR) is 94.3 cm³/mol. The third kappa shape index (κ3) is 4.28. The summed E-state index contributed by atoms with van der Waals surface area (Å²) in [6.07, 6.45) is 1.74. The molecule has 3 nitrogen and oxygen atoms in total. The minimum atomic E-state index is 0.421. The SMILES string of the molecule is Cc1ccccc1/C=N\NC(=S)Nc1cccc(Cl)c1C. The molecule has 108 valence electrons. The van der Waals surface area contributed by atoms with E-state index in [1.165, 1.54) is 0 Å². The van der Waals surface area contributed by atoms with E-state index in [1.807, 2.05) is 56.3 Å². The third-order valence-corrected chi connectivity index (χ3v) is 3.68. The minimum absolute atomic E-state index is 0.421. The zero-order chi connectivity index (χ0) is 15.2. The van der Waals surface area contributed by atoms with Crippen LogP contribution in [0.25, 0.3) is 0 Å². The van der Waals surface area contributed by atoms with Gasteiger partial charge in [-0.2, -0.15) is 5.10 Å². The average Bonchev–Trinajstić information content (AvgIpc) is 2.46. The van der Waals surface area contributed by atoms with Crippen molar-refractivity contribution in [1.82, 2.24) is 5.43 Å². The van der Waals surface area contributed by atoms with Crippen molar-refractivity contribution in [2.75, 3.05) is 5.32 Å². The van der Waals surface area contributed by atoms with Crippen LogP contribution in [0.2, 0.25) is 5.02 Å². The van der Waals surface area contributed by atoms with E-state index in [9.17, 15) is 0 Å². The van der Waals surface area contributed by atoms with Gasteiger partial charge in [-0.1, -0.05) is 41.9 Å². The van der Waals surface area contributed by atoms with Crippen molar-refractivity contribution >= 4 is 40.8 Å². The predicted octanol–water partition coefficient (Wildman–Crippen LogP) is 4.28. The van der Waals surface area contributed by atoms with Gasteiger partial charge in [-0.05, 0) is 54.9 Å². The highest BCUT2D eigenvalue weighted by Gasteiger charge is 2.03. The molecule has 0 aromatic heterocycles. The zero-order valence-electron chi connectivity index (χ0n) is 11.9. The topological polar surface area (TPSA) is 36.4 Å². The molecule has 0 saturated heterocycles. The van der Waals surface area contributed by atoms with Gasteiger partial charge in [-0.25, -0.2) is 0 Å². The standard InChI is InChI=1S/C16H16ClN3S/c1-11-6-3-4-7-13(11)10-18-20-16(21)19-15-9-5-8-14(17)12(15)2/h3-10H,1-2H3,(H2,19,20,21)/b18-10-. The monoisotopic (exact) mass is 317 g/mol. The Hall–Kier alpha value is -1.91. The molecule has 0 heterocycles. The first-order chi connectivity index (χ1) is 10.1. The second kappa shape index (κ2) is 7.20. The number of aryl methyl sites for hydroxylation is 1. The van der Waals surface area contributed by atoms with Crippen LogP contribution >= 0.6 is 23.8 Å². The molecule has 0 aliphatic heterocycles. The molecule has 0 aliphatic carbocycles. The summed E-state index contributed by atoms with van der Waals surface area (Å²) in [6, 6.07) is 13.6. The van der Waals surface area contributed by atoms with Gasteiger partial charge in [0.15, 0.2) is 5.11 Å². The summed E-state index contributed by atoms with van der Waals surface area (Å²) >= 11 is 11.3. The molecule has 0 aliphatic rings. The molecule has 0 fully saturated rings. The Kier molecular flexibility index (Phi) is 5.31. The highest BCUT2D eigenvalue weighted by Crippen LogP contribution is 2.22. The summed E-state index contributed by atoms with van der Waals surface area (Å²) in [4.78, 5) is 0. The molecule has 0 unspecified atom stereocenters. The number of hydrogen-bond donors (Lipinski definition) is 2. The van der Waals surface area contributed by atoms with Crippen molar-refractivity contribution in [1.29, 1.82) is 0 Å². The van der Waals surface area contributed by atoms with Gasteiger partial charge in [0, 0.05) is 10.7 Å². The van der Waals surface area contributed by atoms with Gasteiger partial charge in [-0.3, -0.25) is 5.43 Å². The number of rotatable bonds is 3. The van der Waals surface area contributed by atoms with Crippen LogP contribution < -0.4 is 10.7 Å². The van der Waals surface area contributed by atoms with Crippen molar-refractivity contribution in [2.45, 2.75) is 13.8 Å². The van der Waals surface area contributed by atoms with E-state index in [0.717, 1.165) is 22.4 Å². The Labute approximate surface area is 135 Å². The Morgan fingerprint density at radius 1 is 1.14 bits per heavy atom. The van der Waals surface area contributed by atoms with Gasteiger partial charge in [0.25, 0.3) is 0 Å². The fourth-order valence-corrected chi connectivity index (χ4v) is 2.12. The number of hydrogen-bond acceptors (Lipinski definition) is 2. The van der Waals surface area contributed by atoms with Gasteiger partial charge < -0.3 is 5.32 Å². The molecular formula is C16H16ClN3S. The molecule has 2 N–H and O–H groups in total. The lowest BCUT2D eigenvalue weighted by Gasteiger charge is -2.10. The maximum atomic E-state index is 6.07. The summed E-state index contributed by atoms with van der Waals surface area (Å²) < 4.78 is 0. The molecule has 0 spiro atoms. The molecular weight excluding hydrogens is 302 g/mol. The first-order valence-corrected chi connectivity index (χ1v) is 7.27. The molecule has 21 heavy (non-hydrogen) atoms. The Morgan fingerprint density at radius 2 is 1.90 bits per heavy atom. The fourth-order valence-electron chi connectivity index (χ4n) is 1.79. The molecule has 0 bridgehead atoms. The van der Waals surface area contributed by atoms with Gasteiger partial charge in [0.2, 0.25) is 0 Å². The Balaban J connectivity index is 1.97. The van der Waals surface area contributed by atoms with E-state index in [2.05, 4.69) is 15.8 Å². The lowest BCUT2D eigenvalue weighted by molar-refractivity contribution is 1.05. The lowest BCUT2D eigenvalue weighted by Crippen LogP contribution is -2.24. The van der Waals surface area contributed by atoms with Gasteiger partial charge in [0.05, 0.1) is 6.21 Å². The number of anilines is 1. The normalized spacial score (nSPS) is 10.6. The van der Waals surface area contributed by atoms with Crippen molar-refractivity contribution < 1.29 is 0 Å². The van der Waals surface area contributed by atoms with Crippen LogP contribution in [-0.2, 0) is 0 Å². The molecule has 0 radical (unpaired) electrons. The zero-order valence-corrected chi connectivity index (χ0v) is 13.4. The number of benzene rings is 2. The number of halogens is 1. The molecule has 2 aromatic rings. The molecule has 2 rings (SSSR count). The van der Waals surface area contributed by atoms with Crippen LogP contribution in [-0.4, -0.2) is 11.3 Å². The van der Waals surface area contributed by atoms with Gasteiger partial charge >= 0.3 is 0 Å². The summed E-state index contributed by atoms with van der Waals surface area (Å²) in [5, 5.41) is 8.33. The van der Waals surface area contributed by atoms with E-state index < -0.39 is 0 Å². The molecule has 2 aromatic carbocycles. The number of nitrogens with zero attached hydrogens (tertiary/aromatic N) is 1. The number of thiocarbonyl (C=S) groups is 1.